The molecular formula is C12H14BrClO2. The Labute approximate surface area is 109 Å². The first kappa shape index (κ1) is 12.4. The van der Waals surface area contributed by atoms with Crippen LogP contribution in [0.3, 0.4) is 0 Å². The molecule has 0 aliphatic carbocycles. The van der Waals surface area contributed by atoms with Gasteiger partial charge < -0.3 is 9.47 Å². The van der Waals surface area contributed by atoms with Crippen LogP contribution in [0.1, 0.15) is 18.9 Å². The fourth-order valence-electron chi connectivity index (χ4n) is 1.89. The van der Waals surface area contributed by atoms with Gasteiger partial charge in [0, 0.05) is 16.5 Å². The average molecular weight is 306 g/mol. The van der Waals surface area contributed by atoms with E-state index >= 15 is 0 Å². The molecule has 16 heavy (non-hydrogen) atoms. The first-order chi connectivity index (χ1) is 7.70. The van der Waals surface area contributed by atoms with E-state index in [1.54, 1.807) is 0 Å². The van der Waals surface area contributed by atoms with Crippen LogP contribution in [-0.2, 0) is 15.3 Å². The van der Waals surface area contributed by atoms with Gasteiger partial charge in [0.15, 0.2) is 5.79 Å². The summed E-state index contributed by atoms with van der Waals surface area (Å²) in [6.45, 7) is 2.62. The largest absolute Gasteiger partial charge is 0.343 e. The van der Waals surface area contributed by atoms with Crippen LogP contribution in [0.15, 0.2) is 28.7 Å². The van der Waals surface area contributed by atoms with Crippen LogP contribution < -0.4 is 0 Å². The molecule has 1 aliphatic rings. The summed E-state index contributed by atoms with van der Waals surface area (Å²) in [5, 5.41) is 0. The van der Waals surface area contributed by atoms with E-state index in [0.717, 1.165) is 16.5 Å². The summed E-state index contributed by atoms with van der Waals surface area (Å²) in [6, 6.07) is 8.02. The van der Waals surface area contributed by atoms with Crippen molar-refractivity contribution in [3.8, 4) is 0 Å². The predicted molar refractivity (Wildman–Crippen MR) is 67.7 cm³/mol. The van der Waals surface area contributed by atoms with E-state index in [2.05, 4.69) is 22.9 Å². The van der Waals surface area contributed by atoms with Gasteiger partial charge in [-0.15, -0.1) is 11.6 Å². The molecule has 2 rings (SSSR count). The lowest BCUT2D eigenvalue weighted by Crippen LogP contribution is -2.27. The monoisotopic (exact) mass is 304 g/mol. The lowest BCUT2D eigenvalue weighted by molar-refractivity contribution is -0.176. The Kier molecular flexibility index (Phi) is 3.90. The van der Waals surface area contributed by atoms with Crippen LogP contribution in [0.2, 0.25) is 0 Å². The highest BCUT2D eigenvalue weighted by Gasteiger charge is 2.41. The fraction of sp³-hybridized carbons (Fsp3) is 0.500. The van der Waals surface area contributed by atoms with E-state index in [4.69, 9.17) is 21.1 Å². The van der Waals surface area contributed by atoms with Crippen LogP contribution in [0.25, 0.3) is 0 Å². The van der Waals surface area contributed by atoms with Crippen molar-refractivity contribution in [2.75, 3.05) is 12.5 Å². The second kappa shape index (κ2) is 5.05. The van der Waals surface area contributed by atoms with Gasteiger partial charge >= 0.3 is 0 Å². The van der Waals surface area contributed by atoms with Gasteiger partial charge in [0.25, 0.3) is 0 Å². The zero-order chi connectivity index (χ0) is 11.6. The molecule has 88 valence electrons. The summed E-state index contributed by atoms with van der Waals surface area (Å²) in [4.78, 5) is 0. The quantitative estimate of drug-likeness (QED) is 0.793. The maximum Gasteiger partial charge on any atom is 0.195 e. The van der Waals surface area contributed by atoms with E-state index in [1.807, 2.05) is 24.3 Å². The van der Waals surface area contributed by atoms with E-state index in [1.165, 1.54) is 0 Å². The van der Waals surface area contributed by atoms with Crippen LogP contribution in [0.4, 0.5) is 0 Å². The Morgan fingerprint density at radius 1 is 1.44 bits per heavy atom. The van der Waals surface area contributed by atoms with Crippen LogP contribution in [0.5, 0.6) is 0 Å². The molecule has 2 unspecified atom stereocenters. The Morgan fingerprint density at radius 2 is 2.12 bits per heavy atom. The SMILES string of the molecule is CCC1(c2ccc(Br)cc2)OCC(CCl)O1. The molecule has 1 heterocycles. The highest BCUT2D eigenvalue weighted by atomic mass is 79.9. The predicted octanol–water partition coefficient (Wildman–Crippen LogP) is 3.67. The number of rotatable bonds is 3. The minimum atomic E-state index is -0.611. The molecule has 0 amide bonds. The van der Waals surface area contributed by atoms with Gasteiger partial charge in [-0.3, -0.25) is 0 Å². The van der Waals surface area contributed by atoms with Crippen molar-refractivity contribution in [1.29, 1.82) is 0 Å². The molecule has 1 aliphatic heterocycles. The smallest absolute Gasteiger partial charge is 0.195 e. The standard InChI is InChI=1S/C12H14BrClO2/c1-2-12(15-8-11(7-14)16-12)9-3-5-10(13)6-4-9/h3-6,11H,2,7-8H2,1H3. The molecule has 1 fully saturated rings. The van der Waals surface area contributed by atoms with E-state index in [-0.39, 0.29) is 6.10 Å². The van der Waals surface area contributed by atoms with Gasteiger partial charge in [0.2, 0.25) is 0 Å². The van der Waals surface area contributed by atoms with E-state index in [9.17, 15) is 0 Å². The Balaban J connectivity index is 2.25. The number of hydrogen-bond acceptors (Lipinski definition) is 2. The molecule has 2 nitrogen and oxygen atoms in total. The van der Waals surface area contributed by atoms with E-state index < -0.39 is 5.79 Å². The summed E-state index contributed by atoms with van der Waals surface area (Å²) in [7, 11) is 0. The van der Waals surface area contributed by atoms with Crippen molar-refractivity contribution in [2.24, 2.45) is 0 Å². The van der Waals surface area contributed by atoms with Crippen molar-refractivity contribution in [3.05, 3.63) is 34.3 Å². The van der Waals surface area contributed by atoms with Crippen LogP contribution in [-0.4, -0.2) is 18.6 Å². The first-order valence-electron chi connectivity index (χ1n) is 5.34. The van der Waals surface area contributed by atoms with Crippen LogP contribution >= 0.6 is 27.5 Å². The van der Waals surface area contributed by atoms with Gasteiger partial charge in [-0.1, -0.05) is 35.0 Å². The zero-order valence-corrected chi connectivity index (χ0v) is 11.4. The molecule has 0 aromatic heterocycles. The zero-order valence-electron chi connectivity index (χ0n) is 9.08. The van der Waals surface area contributed by atoms with Gasteiger partial charge in [-0.05, 0) is 12.1 Å². The van der Waals surface area contributed by atoms with Crippen LogP contribution in [0, 0.1) is 0 Å². The van der Waals surface area contributed by atoms with Gasteiger partial charge in [0.05, 0.1) is 18.6 Å². The van der Waals surface area contributed by atoms with Crippen molar-refractivity contribution < 1.29 is 9.47 Å². The average Bonchev–Trinajstić information content (AvgIpc) is 2.75. The molecule has 2 atom stereocenters. The summed E-state index contributed by atoms with van der Waals surface area (Å²) in [6.07, 6.45) is 0.771. The summed E-state index contributed by atoms with van der Waals surface area (Å²) in [5.41, 5.74) is 1.05. The summed E-state index contributed by atoms with van der Waals surface area (Å²) < 4.78 is 12.8. The minimum Gasteiger partial charge on any atom is -0.343 e. The number of hydrogen-bond donors (Lipinski definition) is 0. The van der Waals surface area contributed by atoms with Gasteiger partial charge in [-0.2, -0.15) is 0 Å². The number of alkyl halides is 1. The van der Waals surface area contributed by atoms with E-state index in [0.29, 0.717) is 12.5 Å². The molecule has 4 heteroatoms. The first-order valence-corrected chi connectivity index (χ1v) is 6.66. The maximum atomic E-state index is 5.90. The van der Waals surface area contributed by atoms with Crippen molar-refractivity contribution in [2.45, 2.75) is 25.2 Å². The number of ether oxygens (including phenoxy) is 2. The molecule has 0 saturated carbocycles. The molecule has 1 aromatic rings. The second-order valence-electron chi connectivity index (χ2n) is 3.82. The lowest BCUT2D eigenvalue weighted by Gasteiger charge is -2.27. The van der Waals surface area contributed by atoms with Gasteiger partial charge in [-0.25, -0.2) is 0 Å². The second-order valence-corrected chi connectivity index (χ2v) is 5.04. The lowest BCUT2D eigenvalue weighted by atomic mass is 10.0. The molecule has 0 N–H and O–H groups in total. The molecule has 0 spiro atoms. The molecule has 0 radical (unpaired) electrons. The Morgan fingerprint density at radius 3 is 2.62 bits per heavy atom. The normalized spacial score (nSPS) is 29.6. The number of halogens is 2. The molecular weight excluding hydrogens is 291 g/mol. The Hall–Kier alpha value is -0.0900. The van der Waals surface area contributed by atoms with Crippen molar-refractivity contribution >= 4 is 27.5 Å². The fourth-order valence-corrected chi connectivity index (χ4v) is 2.30. The Bertz CT molecular complexity index is 355. The third-order valence-corrected chi connectivity index (χ3v) is 3.65. The molecule has 1 aromatic carbocycles. The van der Waals surface area contributed by atoms with Gasteiger partial charge in [0.1, 0.15) is 0 Å². The summed E-state index contributed by atoms with van der Waals surface area (Å²) >= 11 is 9.21. The molecule has 0 bridgehead atoms. The number of benzene rings is 1. The topological polar surface area (TPSA) is 18.5 Å². The highest BCUT2D eigenvalue weighted by Crippen LogP contribution is 2.37. The van der Waals surface area contributed by atoms with Crippen molar-refractivity contribution in [3.63, 3.8) is 0 Å². The molecule has 1 saturated heterocycles. The summed E-state index contributed by atoms with van der Waals surface area (Å²) in [5.74, 6) is -0.140. The third-order valence-electron chi connectivity index (χ3n) is 2.78. The highest BCUT2D eigenvalue weighted by molar-refractivity contribution is 9.10. The van der Waals surface area contributed by atoms with Crippen molar-refractivity contribution in [1.82, 2.24) is 0 Å². The maximum absolute atomic E-state index is 5.90. The minimum absolute atomic E-state index is 0.00902. The third kappa shape index (κ3) is 2.28.